The van der Waals surface area contributed by atoms with E-state index in [1.165, 1.54) is 10.9 Å². The summed E-state index contributed by atoms with van der Waals surface area (Å²) in [6.07, 6.45) is 1.37. The van der Waals surface area contributed by atoms with Crippen molar-refractivity contribution < 1.29 is 0 Å². The zero-order chi connectivity index (χ0) is 10.7. The lowest BCUT2D eigenvalue weighted by atomic mass is 10.0. The first-order valence-electron chi connectivity index (χ1n) is 5.03. The molecular weight excluding hydrogens is 184 g/mol. The Balaban J connectivity index is 2.56. The second-order valence-electron chi connectivity index (χ2n) is 3.60. The average Bonchev–Trinajstić information content (AvgIpc) is 2.25. The monoisotopic (exact) mass is 196 g/mol. The Kier molecular flexibility index (Phi) is 2.64. The van der Waals surface area contributed by atoms with Gasteiger partial charge in [-0.05, 0) is 31.0 Å². The molecule has 0 N–H and O–H groups in total. The lowest BCUT2D eigenvalue weighted by Crippen LogP contribution is -1.91. The van der Waals surface area contributed by atoms with Gasteiger partial charge in [-0.3, -0.25) is 4.98 Å². The minimum Gasteiger partial charge on any atom is -0.253 e. The molecule has 1 heterocycles. The van der Waals surface area contributed by atoms with Crippen LogP contribution in [0, 0.1) is 18.3 Å². The van der Waals surface area contributed by atoms with E-state index in [0.717, 1.165) is 17.6 Å². The SMILES string of the molecule is Cc1cc(CCC#N)c2ccccc2n1. The largest absolute Gasteiger partial charge is 0.253 e. The molecule has 15 heavy (non-hydrogen) atoms. The van der Waals surface area contributed by atoms with Gasteiger partial charge < -0.3 is 0 Å². The molecule has 0 aliphatic carbocycles. The highest BCUT2D eigenvalue weighted by Crippen LogP contribution is 2.19. The maximum Gasteiger partial charge on any atom is 0.0707 e. The van der Waals surface area contributed by atoms with Crippen LogP contribution >= 0.6 is 0 Å². The van der Waals surface area contributed by atoms with Crippen molar-refractivity contribution in [1.29, 1.82) is 5.26 Å². The van der Waals surface area contributed by atoms with Gasteiger partial charge in [-0.1, -0.05) is 18.2 Å². The summed E-state index contributed by atoms with van der Waals surface area (Å²) in [6, 6.07) is 12.3. The van der Waals surface area contributed by atoms with Crippen molar-refractivity contribution in [2.24, 2.45) is 0 Å². The number of benzene rings is 1. The molecule has 0 aliphatic rings. The quantitative estimate of drug-likeness (QED) is 0.740. The number of pyridine rings is 1. The van der Waals surface area contributed by atoms with E-state index < -0.39 is 0 Å². The first-order valence-corrected chi connectivity index (χ1v) is 5.03. The summed E-state index contributed by atoms with van der Waals surface area (Å²) in [5, 5.41) is 9.77. The number of nitriles is 1. The summed E-state index contributed by atoms with van der Waals surface area (Å²) in [5.41, 5.74) is 3.26. The fourth-order valence-electron chi connectivity index (χ4n) is 1.79. The Hall–Kier alpha value is -1.88. The lowest BCUT2D eigenvalue weighted by Gasteiger charge is -2.05. The van der Waals surface area contributed by atoms with Crippen LogP contribution in [0.25, 0.3) is 10.9 Å². The molecule has 0 bridgehead atoms. The zero-order valence-corrected chi connectivity index (χ0v) is 8.70. The molecule has 74 valence electrons. The minimum atomic E-state index is 0.563. The topological polar surface area (TPSA) is 36.7 Å². The number of aryl methyl sites for hydroxylation is 2. The van der Waals surface area contributed by atoms with Crippen molar-refractivity contribution in [3.8, 4) is 6.07 Å². The first kappa shape index (κ1) is 9.67. The van der Waals surface area contributed by atoms with Crippen LogP contribution in [0.2, 0.25) is 0 Å². The van der Waals surface area contributed by atoms with Crippen LogP contribution in [0.3, 0.4) is 0 Å². The van der Waals surface area contributed by atoms with Gasteiger partial charge in [0.15, 0.2) is 0 Å². The highest BCUT2D eigenvalue weighted by atomic mass is 14.7. The molecule has 1 aromatic carbocycles. The van der Waals surface area contributed by atoms with E-state index in [1.807, 2.05) is 25.1 Å². The highest BCUT2D eigenvalue weighted by molar-refractivity contribution is 5.82. The first-order chi connectivity index (χ1) is 7.31. The molecular formula is C13H12N2. The molecule has 0 unspecified atom stereocenters. The van der Waals surface area contributed by atoms with E-state index in [1.54, 1.807) is 0 Å². The Morgan fingerprint density at radius 2 is 2.13 bits per heavy atom. The lowest BCUT2D eigenvalue weighted by molar-refractivity contribution is 1.01. The van der Waals surface area contributed by atoms with Crippen LogP contribution in [0.4, 0.5) is 0 Å². The van der Waals surface area contributed by atoms with Crippen molar-refractivity contribution in [3.05, 3.63) is 41.6 Å². The van der Waals surface area contributed by atoms with Gasteiger partial charge in [-0.2, -0.15) is 5.26 Å². The van der Waals surface area contributed by atoms with Gasteiger partial charge in [0, 0.05) is 17.5 Å². The zero-order valence-electron chi connectivity index (χ0n) is 8.70. The Bertz CT molecular complexity index is 524. The van der Waals surface area contributed by atoms with E-state index in [9.17, 15) is 0 Å². The van der Waals surface area contributed by atoms with Crippen LogP contribution in [0.5, 0.6) is 0 Å². The molecule has 2 heteroatoms. The molecule has 2 aromatic rings. The molecule has 0 aliphatic heterocycles. The number of rotatable bonds is 2. The molecule has 2 rings (SSSR count). The van der Waals surface area contributed by atoms with Crippen LogP contribution < -0.4 is 0 Å². The minimum absolute atomic E-state index is 0.563. The third-order valence-corrected chi connectivity index (χ3v) is 2.44. The number of nitrogens with zero attached hydrogens (tertiary/aromatic N) is 2. The number of aromatic nitrogens is 1. The van der Waals surface area contributed by atoms with Gasteiger partial charge in [0.05, 0.1) is 11.6 Å². The second kappa shape index (κ2) is 4.10. The van der Waals surface area contributed by atoms with Gasteiger partial charge in [-0.15, -0.1) is 0 Å². The van der Waals surface area contributed by atoms with Crippen LogP contribution in [0.15, 0.2) is 30.3 Å². The summed E-state index contributed by atoms with van der Waals surface area (Å²) in [5.74, 6) is 0. The Morgan fingerprint density at radius 1 is 1.33 bits per heavy atom. The van der Waals surface area contributed by atoms with E-state index in [-0.39, 0.29) is 0 Å². The van der Waals surface area contributed by atoms with E-state index in [4.69, 9.17) is 5.26 Å². The van der Waals surface area contributed by atoms with E-state index in [0.29, 0.717) is 6.42 Å². The van der Waals surface area contributed by atoms with Crippen LogP contribution in [0.1, 0.15) is 17.7 Å². The molecule has 2 nitrogen and oxygen atoms in total. The molecule has 0 saturated heterocycles. The number of hydrogen-bond acceptors (Lipinski definition) is 2. The van der Waals surface area contributed by atoms with Gasteiger partial charge in [0.1, 0.15) is 0 Å². The fourth-order valence-corrected chi connectivity index (χ4v) is 1.79. The Labute approximate surface area is 89.2 Å². The fraction of sp³-hybridized carbons (Fsp3) is 0.231. The number of para-hydroxylation sites is 1. The molecule has 0 spiro atoms. The standard InChI is InChI=1S/C13H12N2/c1-10-9-11(5-4-8-14)12-6-2-3-7-13(12)15-10/h2-3,6-7,9H,4-5H2,1H3. The maximum atomic E-state index is 8.60. The molecule has 0 atom stereocenters. The van der Waals surface area contributed by atoms with Gasteiger partial charge >= 0.3 is 0 Å². The summed E-state index contributed by atoms with van der Waals surface area (Å²) in [6.45, 7) is 1.99. The molecule has 0 fully saturated rings. The molecule has 0 saturated carbocycles. The number of fused-ring (bicyclic) bond motifs is 1. The number of hydrogen-bond donors (Lipinski definition) is 0. The van der Waals surface area contributed by atoms with Gasteiger partial charge in [0.2, 0.25) is 0 Å². The maximum absolute atomic E-state index is 8.60. The summed E-state index contributed by atoms with van der Waals surface area (Å²) in [4.78, 5) is 4.46. The van der Waals surface area contributed by atoms with Crippen molar-refractivity contribution in [2.75, 3.05) is 0 Å². The van der Waals surface area contributed by atoms with Crippen LogP contribution in [-0.4, -0.2) is 4.98 Å². The van der Waals surface area contributed by atoms with Crippen molar-refractivity contribution >= 4 is 10.9 Å². The summed E-state index contributed by atoms with van der Waals surface area (Å²) >= 11 is 0. The molecule has 1 aromatic heterocycles. The highest BCUT2D eigenvalue weighted by Gasteiger charge is 2.02. The van der Waals surface area contributed by atoms with Crippen molar-refractivity contribution in [3.63, 3.8) is 0 Å². The average molecular weight is 196 g/mol. The predicted octanol–water partition coefficient (Wildman–Crippen LogP) is 3.00. The van der Waals surface area contributed by atoms with E-state index in [2.05, 4.69) is 23.2 Å². The van der Waals surface area contributed by atoms with Crippen molar-refractivity contribution in [1.82, 2.24) is 4.98 Å². The molecule has 0 radical (unpaired) electrons. The smallest absolute Gasteiger partial charge is 0.0707 e. The predicted molar refractivity (Wildman–Crippen MR) is 60.4 cm³/mol. The van der Waals surface area contributed by atoms with Gasteiger partial charge in [-0.25, -0.2) is 0 Å². The summed E-state index contributed by atoms with van der Waals surface area (Å²) < 4.78 is 0. The normalized spacial score (nSPS) is 10.1. The Morgan fingerprint density at radius 3 is 2.93 bits per heavy atom. The van der Waals surface area contributed by atoms with Crippen LogP contribution in [-0.2, 0) is 6.42 Å². The third-order valence-electron chi connectivity index (χ3n) is 2.44. The molecule has 0 amide bonds. The second-order valence-corrected chi connectivity index (χ2v) is 3.60. The van der Waals surface area contributed by atoms with Gasteiger partial charge in [0.25, 0.3) is 0 Å². The third kappa shape index (κ3) is 1.97. The van der Waals surface area contributed by atoms with Crippen molar-refractivity contribution in [2.45, 2.75) is 19.8 Å². The van der Waals surface area contributed by atoms with E-state index >= 15 is 0 Å². The summed E-state index contributed by atoms with van der Waals surface area (Å²) in [7, 11) is 0.